The van der Waals surface area contributed by atoms with Gasteiger partial charge in [-0.05, 0) is 24.6 Å². The van der Waals surface area contributed by atoms with Gasteiger partial charge < -0.3 is 5.11 Å². The number of hydrogen-bond donors (Lipinski definition) is 1. The predicted molar refractivity (Wildman–Crippen MR) is 81.4 cm³/mol. The van der Waals surface area contributed by atoms with Crippen LogP contribution in [-0.4, -0.2) is 16.7 Å². The fraction of sp³-hybridized carbons (Fsp3) is 0.267. The zero-order valence-corrected chi connectivity index (χ0v) is 12.4. The number of thioether (sulfide) groups is 1. The summed E-state index contributed by atoms with van der Waals surface area (Å²) in [5.74, 6) is 6.90. The highest BCUT2D eigenvalue weighted by Gasteiger charge is 2.01. The van der Waals surface area contributed by atoms with Gasteiger partial charge in [-0.3, -0.25) is 0 Å². The van der Waals surface area contributed by atoms with Crippen LogP contribution in [0.5, 0.6) is 0 Å². The molecule has 2 rings (SSSR count). The van der Waals surface area contributed by atoms with Crippen LogP contribution in [0.15, 0.2) is 34.0 Å². The molecule has 0 aliphatic heterocycles. The van der Waals surface area contributed by atoms with E-state index < -0.39 is 0 Å². The second-order valence-corrected chi connectivity index (χ2v) is 6.10. The third kappa shape index (κ3) is 4.71. The Balaban J connectivity index is 1.97. The number of rotatable bonds is 4. The van der Waals surface area contributed by atoms with Crippen molar-refractivity contribution in [1.82, 2.24) is 4.98 Å². The van der Waals surface area contributed by atoms with Gasteiger partial charge in [0.25, 0.3) is 0 Å². The van der Waals surface area contributed by atoms with Crippen LogP contribution in [0.25, 0.3) is 0 Å². The van der Waals surface area contributed by atoms with Gasteiger partial charge in [-0.25, -0.2) is 4.98 Å². The minimum Gasteiger partial charge on any atom is -0.395 e. The molecule has 0 aliphatic carbocycles. The summed E-state index contributed by atoms with van der Waals surface area (Å²) < 4.78 is 1.11. The molecule has 1 aromatic carbocycles. The van der Waals surface area contributed by atoms with E-state index in [4.69, 9.17) is 5.11 Å². The van der Waals surface area contributed by atoms with Crippen LogP contribution in [0.4, 0.5) is 0 Å². The summed E-state index contributed by atoms with van der Waals surface area (Å²) in [4.78, 5) is 4.43. The lowest BCUT2D eigenvalue weighted by atomic mass is 10.1. The summed E-state index contributed by atoms with van der Waals surface area (Å²) >= 11 is 3.44. The maximum absolute atomic E-state index is 8.70. The second-order valence-electron chi connectivity index (χ2n) is 4.02. The van der Waals surface area contributed by atoms with Gasteiger partial charge in [0.1, 0.15) is 4.34 Å². The van der Waals surface area contributed by atoms with Gasteiger partial charge in [0, 0.05) is 28.8 Å². The van der Waals surface area contributed by atoms with Crippen molar-refractivity contribution in [1.29, 1.82) is 0 Å². The van der Waals surface area contributed by atoms with E-state index >= 15 is 0 Å². The summed E-state index contributed by atoms with van der Waals surface area (Å²) in [5, 5.41) is 10.8. The first-order valence-corrected chi connectivity index (χ1v) is 7.88. The Morgan fingerprint density at radius 1 is 1.42 bits per heavy atom. The molecule has 0 radical (unpaired) electrons. The van der Waals surface area contributed by atoms with E-state index in [1.807, 2.05) is 19.1 Å². The van der Waals surface area contributed by atoms with E-state index in [1.165, 1.54) is 5.56 Å². The van der Waals surface area contributed by atoms with Crippen LogP contribution < -0.4 is 0 Å². The number of aliphatic hydroxyl groups excluding tert-OH is 1. The number of hydrogen-bond acceptors (Lipinski definition) is 4. The maximum atomic E-state index is 8.70. The molecule has 19 heavy (non-hydrogen) atoms. The van der Waals surface area contributed by atoms with E-state index in [0.29, 0.717) is 6.42 Å². The molecule has 0 aliphatic rings. The molecule has 2 aromatic rings. The Hall–Kier alpha value is -1.28. The molecular formula is C15H15NOS2. The molecule has 0 saturated heterocycles. The number of aromatic nitrogens is 1. The normalized spacial score (nSPS) is 10.0. The smallest absolute Gasteiger partial charge is 0.150 e. The first kappa shape index (κ1) is 14.1. The molecule has 0 spiro atoms. The summed E-state index contributed by atoms with van der Waals surface area (Å²) in [5.41, 5.74) is 3.33. The zero-order chi connectivity index (χ0) is 13.5. The standard InChI is InChI=1S/C15H15NOS2/c1-12-10-18-15(16-12)19-11-14-7-4-6-13(9-14)5-2-3-8-17/h4,6-7,9-10,17H,3,8,11H2,1H3. The van der Waals surface area contributed by atoms with Gasteiger partial charge in [-0.1, -0.05) is 35.7 Å². The molecule has 1 N–H and O–H groups in total. The van der Waals surface area contributed by atoms with Crippen LogP contribution >= 0.6 is 23.1 Å². The first-order valence-electron chi connectivity index (χ1n) is 6.01. The number of aliphatic hydroxyl groups is 1. The molecule has 1 heterocycles. The van der Waals surface area contributed by atoms with Crippen molar-refractivity contribution >= 4 is 23.1 Å². The van der Waals surface area contributed by atoms with Crippen molar-refractivity contribution in [3.63, 3.8) is 0 Å². The number of nitrogens with zero attached hydrogens (tertiary/aromatic N) is 1. The average Bonchev–Trinajstić information content (AvgIpc) is 2.83. The summed E-state index contributed by atoms with van der Waals surface area (Å²) in [6, 6.07) is 8.21. The van der Waals surface area contributed by atoms with Crippen LogP contribution in [0.3, 0.4) is 0 Å². The van der Waals surface area contributed by atoms with Crippen molar-refractivity contribution in [2.45, 2.75) is 23.4 Å². The number of benzene rings is 1. The van der Waals surface area contributed by atoms with E-state index in [9.17, 15) is 0 Å². The van der Waals surface area contributed by atoms with E-state index in [-0.39, 0.29) is 6.61 Å². The van der Waals surface area contributed by atoms with E-state index in [0.717, 1.165) is 21.3 Å². The molecule has 4 heteroatoms. The van der Waals surface area contributed by atoms with E-state index in [1.54, 1.807) is 23.1 Å². The van der Waals surface area contributed by atoms with Gasteiger partial charge >= 0.3 is 0 Å². The quantitative estimate of drug-likeness (QED) is 0.691. The Kier molecular flexibility index (Phi) is 5.46. The third-order valence-electron chi connectivity index (χ3n) is 2.36. The Labute approximate surface area is 121 Å². The molecule has 0 amide bonds. The molecule has 98 valence electrons. The lowest BCUT2D eigenvalue weighted by molar-refractivity contribution is 0.305. The highest BCUT2D eigenvalue weighted by atomic mass is 32.2. The highest BCUT2D eigenvalue weighted by Crippen LogP contribution is 2.26. The highest BCUT2D eigenvalue weighted by molar-refractivity contribution is 8.00. The Morgan fingerprint density at radius 3 is 3.05 bits per heavy atom. The summed E-state index contributed by atoms with van der Waals surface area (Å²) in [6.45, 7) is 2.13. The largest absolute Gasteiger partial charge is 0.395 e. The lowest BCUT2D eigenvalue weighted by Gasteiger charge is -2.00. The molecule has 1 aromatic heterocycles. The van der Waals surface area contributed by atoms with Crippen molar-refractivity contribution in [3.8, 4) is 11.8 Å². The maximum Gasteiger partial charge on any atom is 0.150 e. The SMILES string of the molecule is Cc1csc(SCc2cccc(C#CCCO)c2)n1. The Morgan fingerprint density at radius 2 is 2.32 bits per heavy atom. The van der Waals surface area contributed by atoms with Crippen LogP contribution in [0.2, 0.25) is 0 Å². The van der Waals surface area contributed by atoms with Crippen molar-refractivity contribution < 1.29 is 5.11 Å². The molecular weight excluding hydrogens is 274 g/mol. The monoisotopic (exact) mass is 289 g/mol. The summed E-state index contributed by atoms with van der Waals surface area (Å²) in [6.07, 6.45) is 0.525. The van der Waals surface area contributed by atoms with Crippen molar-refractivity contribution in [2.75, 3.05) is 6.61 Å². The minimum atomic E-state index is 0.117. The van der Waals surface area contributed by atoms with Crippen molar-refractivity contribution in [3.05, 3.63) is 46.5 Å². The van der Waals surface area contributed by atoms with Gasteiger partial charge in [-0.2, -0.15) is 0 Å². The Bertz CT molecular complexity index is 595. The molecule has 0 bridgehead atoms. The van der Waals surface area contributed by atoms with E-state index in [2.05, 4.69) is 34.3 Å². The fourth-order valence-corrected chi connectivity index (χ4v) is 3.30. The van der Waals surface area contributed by atoms with Crippen molar-refractivity contribution in [2.24, 2.45) is 0 Å². The molecule has 2 nitrogen and oxygen atoms in total. The fourth-order valence-electron chi connectivity index (χ4n) is 1.50. The average molecular weight is 289 g/mol. The minimum absolute atomic E-state index is 0.117. The first-order chi connectivity index (χ1) is 9.28. The lowest BCUT2D eigenvalue weighted by Crippen LogP contribution is -1.83. The zero-order valence-electron chi connectivity index (χ0n) is 10.7. The molecule has 0 saturated carbocycles. The predicted octanol–water partition coefficient (Wildman–Crippen LogP) is 3.48. The van der Waals surface area contributed by atoms with Gasteiger partial charge in [0.05, 0.1) is 6.61 Å². The third-order valence-corrected chi connectivity index (χ3v) is 4.57. The van der Waals surface area contributed by atoms with Crippen LogP contribution in [0, 0.1) is 18.8 Å². The number of thiazole rings is 1. The number of aryl methyl sites for hydroxylation is 1. The van der Waals surface area contributed by atoms with Gasteiger partial charge in [0.2, 0.25) is 0 Å². The second kappa shape index (κ2) is 7.34. The van der Waals surface area contributed by atoms with Crippen LogP contribution in [0.1, 0.15) is 23.2 Å². The molecule has 0 atom stereocenters. The topological polar surface area (TPSA) is 33.1 Å². The van der Waals surface area contributed by atoms with Gasteiger partial charge in [-0.15, -0.1) is 11.3 Å². The van der Waals surface area contributed by atoms with Gasteiger partial charge in [0.15, 0.2) is 0 Å². The molecule has 0 fully saturated rings. The molecule has 0 unspecified atom stereocenters. The van der Waals surface area contributed by atoms with Crippen LogP contribution in [-0.2, 0) is 5.75 Å². The summed E-state index contributed by atoms with van der Waals surface area (Å²) in [7, 11) is 0.